The van der Waals surface area contributed by atoms with Gasteiger partial charge >= 0.3 is 0 Å². The number of hydrazone groups is 1. The van der Waals surface area contributed by atoms with Crippen LogP contribution >= 0.6 is 0 Å². The molecule has 0 saturated carbocycles. The molecule has 0 aliphatic heterocycles. The maximum Gasteiger partial charge on any atom is 0.275 e. The first-order valence-corrected chi connectivity index (χ1v) is 9.54. The Morgan fingerprint density at radius 3 is 2.35 bits per heavy atom. The van der Waals surface area contributed by atoms with Crippen LogP contribution in [0.4, 0.5) is 0 Å². The van der Waals surface area contributed by atoms with Gasteiger partial charge in [-0.3, -0.25) is 4.79 Å². The Bertz CT molecular complexity index is 1050. The second-order valence-corrected chi connectivity index (χ2v) is 6.45. The lowest BCUT2D eigenvalue weighted by Gasteiger charge is -2.11. The van der Waals surface area contributed by atoms with Crippen LogP contribution in [0, 0.1) is 0 Å². The van der Waals surface area contributed by atoms with Crippen molar-refractivity contribution in [3.8, 4) is 23.0 Å². The third-order valence-electron chi connectivity index (χ3n) is 4.46. The zero-order valence-electron chi connectivity index (χ0n) is 17.6. The molecule has 0 spiro atoms. The predicted octanol–water partition coefficient (Wildman–Crippen LogP) is 4.06. The summed E-state index contributed by atoms with van der Waals surface area (Å²) < 4.78 is 21.7. The number of benzene rings is 3. The average molecular weight is 420 g/mol. The molecule has 0 atom stereocenters. The fraction of sp³-hybridized carbons (Fsp3) is 0.167. The second kappa shape index (κ2) is 10.7. The smallest absolute Gasteiger partial charge is 0.275 e. The van der Waals surface area contributed by atoms with Crippen molar-refractivity contribution < 1.29 is 23.7 Å². The average Bonchev–Trinajstić information content (AvgIpc) is 2.83. The maximum atomic E-state index is 12.4. The normalized spacial score (nSPS) is 10.5. The molecule has 0 unspecified atom stereocenters. The molecule has 3 rings (SSSR count). The van der Waals surface area contributed by atoms with Crippen LogP contribution in [-0.4, -0.2) is 33.5 Å². The van der Waals surface area contributed by atoms with Gasteiger partial charge in [0.15, 0.2) is 11.5 Å². The van der Waals surface area contributed by atoms with E-state index < -0.39 is 5.91 Å². The van der Waals surface area contributed by atoms with Gasteiger partial charge in [0.2, 0.25) is 0 Å². The van der Waals surface area contributed by atoms with Crippen LogP contribution in [0.2, 0.25) is 0 Å². The lowest BCUT2D eigenvalue weighted by Crippen LogP contribution is -2.18. The summed E-state index contributed by atoms with van der Waals surface area (Å²) in [6.45, 7) is 0.435. The van der Waals surface area contributed by atoms with Crippen LogP contribution in [0.5, 0.6) is 23.0 Å². The van der Waals surface area contributed by atoms with Crippen LogP contribution in [0.25, 0.3) is 0 Å². The van der Waals surface area contributed by atoms with Crippen molar-refractivity contribution in [1.82, 2.24) is 5.43 Å². The molecule has 0 aromatic heterocycles. The molecule has 0 aliphatic rings. The molecule has 7 heteroatoms. The molecule has 0 heterocycles. The van der Waals surface area contributed by atoms with Gasteiger partial charge in [-0.2, -0.15) is 5.10 Å². The lowest BCUT2D eigenvalue weighted by atomic mass is 10.2. The van der Waals surface area contributed by atoms with E-state index in [4.69, 9.17) is 18.9 Å². The number of nitrogens with one attached hydrogen (secondary N) is 1. The van der Waals surface area contributed by atoms with Gasteiger partial charge in [0, 0.05) is 6.07 Å². The van der Waals surface area contributed by atoms with E-state index in [1.165, 1.54) is 13.3 Å². The Kier molecular flexibility index (Phi) is 7.48. The molecule has 0 saturated heterocycles. The van der Waals surface area contributed by atoms with Crippen molar-refractivity contribution in [3.63, 3.8) is 0 Å². The summed E-state index contributed by atoms with van der Waals surface area (Å²) in [7, 11) is 4.61. The molecular weight excluding hydrogens is 396 g/mol. The third-order valence-corrected chi connectivity index (χ3v) is 4.46. The first kappa shape index (κ1) is 21.7. The highest BCUT2D eigenvalue weighted by Gasteiger charge is 2.12. The number of methoxy groups -OCH3 is 3. The minimum Gasteiger partial charge on any atom is -0.497 e. The van der Waals surface area contributed by atoms with Crippen LogP contribution < -0.4 is 24.4 Å². The van der Waals surface area contributed by atoms with E-state index in [9.17, 15) is 4.79 Å². The molecule has 31 heavy (non-hydrogen) atoms. The Morgan fingerprint density at radius 1 is 0.871 bits per heavy atom. The zero-order chi connectivity index (χ0) is 22.1. The van der Waals surface area contributed by atoms with Gasteiger partial charge in [-0.25, -0.2) is 5.43 Å². The summed E-state index contributed by atoms with van der Waals surface area (Å²) in [6, 6.07) is 20.2. The minimum atomic E-state index is -0.398. The van der Waals surface area contributed by atoms with E-state index in [1.807, 2.05) is 36.4 Å². The molecule has 1 N–H and O–H groups in total. The number of nitrogens with zero attached hydrogens (tertiary/aromatic N) is 1. The van der Waals surface area contributed by atoms with Crippen LogP contribution in [0.1, 0.15) is 21.5 Å². The predicted molar refractivity (Wildman–Crippen MR) is 118 cm³/mol. The molecule has 0 radical (unpaired) electrons. The molecule has 0 bridgehead atoms. The van der Waals surface area contributed by atoms with Crippen molar-refractivity contribution >= 4 is 12.1 Å². The number of rotatable bonds is 9. The SMILES string of the molecule is COc1ccc(C(=O)NN=Cc2ccc(OCc3ccccc3)c(OC)c2)c(OC)c1. The van der Waals surface area contributed by atoms with Gasteiger partial charge in [0.05, 0.1) is 33.1 Å². The fourth-order valence-electron chi connectivity index (χ4n) is 2.83. The van der Waals surface area contributed by atoms with Gasteiger partial charge < -0.3 is 18.9 Å². The Balaban J connectivity index is 1.65. The topological polar surface area (TPSA) is 78.4 Å². The largest absolute Gasteiger partial charge is 0.497 e. The second-order valence-electron chi connectivity index (χ2n) is 6.45. The van der Waals surface area contributed by atoms with Gasteiger partial charge in [-0.05, 0) is 41.5 Å². The molecule has 1 amide bonds. The highest BCUT2D eigenvalue weighted by molar-refractivity contribution is 5.97. The zero-order valence-corrected chi connectivity index (χ0v) is 17.6. The van der Waals surface area contributed by atoms with Crippen molar-refractivity contribution in [2.24, 2.45) is 5.10 Å². The number of carbonyl (C=O) groups excluding carboxylic acids is 1. The van der Waals surface area contributed by atoms with Crippen molar-refractivity contribution in [3.05, 3.63) is 83.4 Å². The molecule has 3 aromatic carbocycles. The number of hydrogen-bond donors (Lipinski definition) is 1. The molecule has 0 aliphatic carbocycles. The Hall–Kier alpha value is -4.00. The highest BCUT2D eigenvalue weighted by atomic mass is 16.5. The van der Waals surface area contributed by atoms with Crippen molar-refractivity contribution in [1.29, 1.82) is 0 Å². The van der Waals surface area contributed by atoms with E-state index in [1.54, 1.807) is 44.6 Å². The Labute approximate surface area is 181 Å². The molecular formula is C24H24N2O5. The summed E-state index contributed by atoms with van der Waals surface area (Å²) in [4.78, 5) is 12.4. The van der Waals surface area contributed by atoms with Gasteiger partial charge in [-0.1, -0.05) is 30.3 Å². The minimum absolute atomic E-state index is 0.350. The van der Waals surface area contributed by atoms with E-state index in [2.05, 4.69) is 10.5 Å². The number of amides is 1. The Morgan fingerprint density at radius 2 is 1.65 bits per heavy atom. The van der Waals surface area contributed by atoms with E-state index in [0.717, 1.165) is 11.1 Å². The van der Waals surface area contributed by atoms with Crippen molar-refractivity contribution in [2.75, 3.05) is 21.3 Å². The quantitative estimate of drug-likeness (QED) is 0.417. The highest BCUT2D eigenvalue weighted by Crippen LogP contribution is 2.28. The summed E-state index contributed by atoms with van der Waals surface area (Å²) >= 11 is 0. The fourth-order valence-corrected chi connectivity index (χ4v) is 2.83. The summed E-state index contributed by atoms with van der Waals surface area (Å²) in [6.07, 6.45) is 1.53. The van der Waals surface area contributed by atoms with Gasteiger partial charge in [-0.15, -0.1) is 0 Å². The number of hydrogen-bond acceptors (Lipinski definition) is 6. The summed E-state index contributed by atoms with van der Waals surface area (Å²) in [5.41, 5.74) is 4.65. The van der Waals surface area contributed by atoms with E-state index in [0.29, 0.717) is 35.2 Å². The molecule has 3 aromatic rings. The first-order chi connectivity index (χ1) is 15.1. The van der Waals surface area contributed by atoms with Gasteiger partial charge in [0.1, 0.15) is 18.1 Å². The van der Waals surface area contributed by atoms with E-state index in [-0.39, 0.29) is 0 Å². The van der Waals surface area contributed by atoms with Gasteiger partial charge in [0.25, 0.3) is 5.91 Å². The van der Waals surface area contributed by atoms with Crippen LogP contribution in [0.15, 0.2) is 71.8 Å². The van der Waals surface area contributed by atoms with Crippen LogP contribution in [-0.2, 0) is 6.61 Å². The monoisotopic (exact) mass is 420 g/mol. The van der Waals surface area contributed by atoms with Crippen molar-refractivity contribution in [2.45, 2.75) is 6.61 Å². The molecule has 0 fully saturated rings. The molecule has 7 nitrogen and oxygen atoms in total. The molecule has 160 valence electrons. The lowest BCUT2D eigenvalue weighted by molar-refractivity contribution is 0.0952. The van der Waals surface area contributed by atoms with Crippen LogP contribution in [0.3, 0.4) is 0 Å². The van der Waals surface area contributed by atoms with E-state index >= 15 is 0 Å². The maximum absolute atomic E-state index is 12.4. The third kappa shape index (κ3) is 5.76. The standard InChI is InChI=1S/C24H24N2O5/c1-28-19-10-11-20(22(14-19)29-2)24(27)26-25-15-18-9-12-21(23(13-18)30-3)31-16-17-7-5-4-6-8-17/h4-15H,16H2,1-3H3,(H,26,27). The number of ether oxygens (including phenoxy) is 4. The summed E-state index contributed by atoms with van der Waals surface area (Å²) in [5.74, 6) is 1.79. The number of carbonyl (C=O) groups is 1. The summed E-state index contributed by atoms with van der Waals surface area (Å²) in [5, 5.41) is 4.03. The first-order valence-electron chi connectivity index (χ1n) is 9.54.